The maximum atomic E-state index is 11.3. The molecule has 3 rings (SSSR count). The molecule has 0 atom stereocenters. The maximum Gasteiger partial charge on any atom is 0.288 e. The molecule has 2 N–H and O–H groups in total. The van der Waals surface area contributed by atoms with Crippen molar-refractivity contribution in [1.29, 1.82) is 0 Å². The number of hydrogen-bond donors (Lipinski definition) is 2. The summed E-state index contributed by atoms with van der Waals surface area (Å²) in [5.41, 5.74) is 1.04. The standard InChI is InChI=1S/C20H17N3O4S/c1-14-7-8-15(12-17(14)23(25)26)19(24)18(22-9-3-2-4-10-22)20(28)21-13-16-6-5-11-27-16/h2-12H,13H2,1H3,(H-,21,24,28)/p+1. The summed E-state index contributed by atoms with van der Waals surface area (Å²) < 4.78 is 6.94. The highest BCUT2D eigenvalue weighted by atomic mass is 32.1. The Morgan fingerprint density at radius 2 is 2.00 bits per heavy atom. The van der Waals surface area contributed by atoms with Crippen LogP contribution >= 0.6 is 12.2 Å². The fourth-order valence-electron chi connectivity index (χ4n) is 2.65. The summed E-state index contributed by atoms with van der Waals surface area (Å²) >= 11 is 5.49. The van der Waals surface area contributed by atoms with Crippen molar-refractivity contribution >= 4 is 34.3 Å². The summed E-state index contributed by atoms with van der Waals surface area (Å²) in [4.78, 5) is 11.1. The number of nitrogens with zero attached hydrogens (tertiary/aromatic N) is 2. The molecule has 1 aromatic carbocycles. The van der Waals surface area contributed by atoms with Gasteiger partial charge in [-0.05, 0) is 19.1 Å². The third-order valence-corrected chi connectivity index (χ3v) is 4.43. The molecule has 0 bridgehead atoms. The van der Waals surface area contributed by atoms with E-state index in [4.69, 9.17) is 16.6 Å². The first-order valence-corrected chi connectivity index (χ1v) is 8.84. The van der Waals surface area contributed by atoms with Crippen LogP contribution in [-0.2, 0) is 6.54 Å². The highest BCUT2D eigenvalue weighted by Gasteiger charge is 2.25. The van der Waals surface area contributed by atoms with Crippen LogP contribution in [0.4, 0.5) is 5.69 Å². The fraction of sp³-hybridized carbons (Fsp3) is 0.100. The molecule has 7 nitrogen and oxygen atoms in total. The minimum absolute atomic E-state index is 0.0732. The van der Waals surface area contributed by atoms with Gasteiger partial charge in [-0.15, -0.1) is 0 Å². The molecule has 28 heavy (non-hydrogen) atoms. The molecule has 0 aliphatic carbocycles. The van der Waals surface area contributed by atoms with Crippen LogP contribution in [0.15, 0.2) is 71.6 Å². The predicted octanol–water partition coefficient (Wildman–Crippen LogP) is 3.78. The average Bonchev–Trinajstić information content (AvgIpc) is 3.21. The number of hydrogen-bond acceptors (Lipinski definition) is 5. The van der Waals surface area contributed by atoms with Crippen molar-refractivity contribution in [1.82, 2.24) is 5.32 Å². The van der Waals surface area contributed by atoms with E-state index in [0.29, 0.717) is 29.1 Å². The highest BCUT2D eigenvalue weighted by molar-refractivity contribution is 7.81. The molecular weight excluding hydrogens is 378 g/mol. The molecule has 0 saturated heterocycles. The number of aryl methyl sites for hydroxylation is 1. The van der Waals surface area contributed by atoms with E-state index >= 15 is 0 Å². The van der Waals surface area contributed by atoms with Crippen LogP contribution in [-0.4, -0.2) is 15.0 Å². The molecule has 0 radical (unpaired) electrons. The van der Waals surface area contributed by atoms with Gasteiger partial charge in [0.05, 0.1) is 17.7 Å². The number of aliphatic hydroxyl groups is 1. The number of nitrogens with one attached hydrogen (secondary N) is 1. The summed E-state index contributed by atoms with van der Waals surface area (Å²) in [5, 5.41) is 25.3. The lowest BCUT2D eigenvalue weighted by Crippen LogP contribution is -2.40. The molecule has 2 aromatic heterocycles. The van der Waals surface area contributed by atoms with E-state index in [1.807, 2.05) is 6.07 Å². The molecule has 142 valence electrons. The summed E-state index contributed by atoms with van der Waals surface area (Å²) in [7, 11) is 0. The molecule has 0 aliphatic rings. The van der Waals surface area contributed by atoms with Crippen LogP contribution in [0.2, 0.25) is 0 Å². The first kappa shape index (κ1) is 19.2. The van der Waals surface area contributed by atoms with Crippen molar-refractivity contribution < 1.29 is 19.0 Å². The number of nitro groups is 1. The quantitative estimate of drug-likeness (QED) is 0.164. The van der Waals surface area contributed by atoms with Gasteiger partial charge in [0.2, 0.25) is 0 Å². The van der Waals surface area contributed by atoms with E-state index in [1.165, 1.54) is 6.07 Å². The average molecular weight is 396 g/mol. The van der Waals surface area contributed by atoms with Gasteiger partial charge in [-0.3, -0.25) is 10.1 Å². The van der Waals surface area contributed by atoms with E-state index in [2.05, 4.69) is 5.32 Å². The largest absolute Gasteiger partial charge is 0.502 e. The number of aliphatic hydroxyl groups excluding tert-OH is 1. The van der Waals surface area contributed by atoms with E-state index in [9.17, 15) is 15.2 Å². The molecule has 0 fully saturated rings. The Hall–Kier alpha value is -3.52. The molecule has 8 heteroatoms. The normalized spacial score (nSPS) is 11.6. The molecule has 0 saturated carbocycles. The second-order valence-electron chi connectivity index (χ2n) is 6.00. The van der Waals surface area contributed by atoms with Crippen LogP contribution in [0.3, 0.4) is 0 Å². The summed E-state index contributed by atoms with van der Waals surface area (Å²) in [6, 6.07) is 13.5. The number of thiocarbonyl (C=S) groups is 1. The van der Waals surface area contributed by atoms with Crippen molar-refractivity contribution in [3.63, 3.8) is 0 Å². The Morgan fingerprint density at radius 1 is 1.25 bits per heavy atom. The Bertz CT molecular complexity index is 1030. The minimum atomic E-state index is -0.477. The first-order valence-electron chi connectivity index (χ1n) is 8.43. The molecule has 0 aliphatic heterocycles. The number of benzene rings is 1. The van der Waals surface area contributed by atoms with Gasteiger partial charge in [0.15, 0.2) is 23.1 Å². The predicted molar refractivity (Wildman–Crippen MR) is 108 cm³/mol. The van der Waals surface area contributed by atoms with Crippen molar-refractivity contribution in [2.45, 2.75) is 13.5 Å². The zero-order valence-electron chi connectivity index (χ0n) is 15.0. The van der Waals surface area contributed by atoms with Gasteiger partial charge >= 0.3 is 0 Å². The van der Waals surface area contributed by atoms with Crippen molar-refractivity contribution in [2.24, 2.45) is 0 Å². The topological polar surface area (TPSA) is 92.4 Å². The minimum Gasteiger partial charge on any atom is -0.502 e. The summed E-state index contributed by atoms with van der Waals surface area (Å²) in [5.74, 6) is 0.515. The van der Waals surface area contributed by atoms with Crippen molar-refractivity contribution in [3.8, 4) is 0 Å². The van der Waals surface area contributed by atoms with Crippen LogP contribution in [0.1, 0.15) is 16.9 Å². The van der Waals surface area contributed by atoms with Gasteiger partial charge in [-0.1, -0.05) is 30.4 Å². The van der Waals surface area contributed by atoms with E-state index < -0.39 is 4.92 Å². The first-order chi connectivity index (χ1) is 13.5. The van der Waals surface area contributed by atoms with Crippen LogP contribution in [0.5, 0.6) is 0 Å². The Morgan fingerprint density at radius 3 is 2.64 bits per heavy atom. The number of nitro benzene ring substituents is 1. The summed E-state index contributed by atoms with van der Waals surface area (Å²) in [6.45, 7) is 1.98. The maximum absolute atomic E-state index is 11.3. The third kappa shape index (κ3) is 4.24. The Kier molecular flexibility index (Phi) is 5.81. The monoisotopic (exact) mass is 396 g/mol. The van der Waals surface area contributed by atoms with Gasteiger partial charge in [0, 0.05) is 29.3 Å². The second kappa shape index (κ2) is 8.45. The lowest BCUT2D eigenvalue weighted by molar-refractivity contribution is -0.576. The van der Waals surface area contributed by atoms with Crippen LogP contribution in [0.25, 0.3) is 11.5 Å². The Balaban J connectivity index is 2.03. The molecular formula is C20H18N3O4S+. The van der Waals surface area contributed by atoms with Crippen LogP contribution < -0.4 is 9.88 Å². The highest BCUT2D eigenvalue weighted by Crippen LogP contribution is 2.25. The van der Waals surface area contributed by atoms with Gasteiger partial charge in [0.1, 0.15) is 5.76 Å². The smallest absolute Gasteiger partial charge is 0.288 e. The van der Waals surface area contributed by atoms with Crippen molar-refractivity contribution in [3.05, 3.63) is 94.2 Å². The molecule has 0 unspecified atom stereocenters. The van der Waals surface area contributed by atoms with Gasteiger partial charge < -0.3 is 14.8 Å². The second-order valence-corrected chi connectivity index (χ2v) is 6.41. The fourth-order valence-corrected chi connectivity index (χ4v) is 2.92. The molecule has 0 spiro atoms. The zero-order valence-corrected chi connectivity index (χ0v) is 15.8. The van der Waals surface area contributed by atoms with Gasteiger partial charge in [-0.25, -0.2) is 0 Å². The molecule has 3 aromatic rings. The summed E-state index contributed by atoms with van der Waals surface area (Å²) in [6.07, 6.45) is 5.02. The third-order valence-electron chi connectivity index (χ3n) is 4.10. The molecule has 2 heterocycles. The number of pyridine rings is 1. The number of aromatic nitrogens is 1. The lowest BCUT2D eigenvalue weighted by Gasteiger charge is -2.09. The van der Waals surface area contributed by atoms with Gasteiger partial charge in [0.25, 0.3) is 11.4 Å². The van der Waals surface area contributed by atoms with E-state index in [-0.39, 0.29) is 16.4 Å². The van der Waals surface area contributed by atoms with Crippen molar-refractivity contribution in [2.75, 3.05) is 0 Å². The van der Waals surface area contributed by atoms with E-state index in [1.54, 1.807) is 66.5 Å². The van der Waals surface area contributed by atoms with Crippen LogP contribution in [0, 0.1) is 17.0 Å². The lowest BCUT2D eigenvalue weighted by atomic mass is 10.1. The van der Waals surface area contributed by atoms with Gasteiger partial charge in [-0.2, -0.15) is 4.57 Å². The number of furan rings is 1. The number of rotatable bonds is 6. The molecule has 0 amide bonds. The SMILES string of the molecule is Cc1ccc(/C(O)=C(\C(=S)NCc2ccco2)[n+]2ccccc2)cc1[N+](=O)[O-]. The van der Waals surface area contributed by atoms with E-state index in [0.717, 1.165) is 0 Å². The zero-order chi connectivity index (χ0) is 20.1. The Labute approximate surface area is 166 Å².